The first-order valence-electron chi connectivity index (χ1n) is 6.63. The average molecular weight is 400 g/mol. The Bertz CT molecular complexity index is 779. The second kappa shape index (κ2) is 6.51. The highest BCUT2D eigenvalue weighted by Crippen LogP contribution is 2.29. The van der Waals surface area contributed by atoms with Crippen LogP contribution in [0.25, 0.3) is 10.7 Å². The highest BCUT2D eigenvalue weighted by atomic mass is 79.9. The van der Waals surface area contributed by atoms with Gasteiger partial charge >= 0.3 is 0 Å². The van der Waals surface area contributed by atoms with E-state index in [2.05, 4.69) is 50.1 Å². The molecule has 0 aliphatic rings. The summed E-state index contributed by atoms with van der Waals surface area (Å²) in [6.45, 7) is 4.20. The van der Waals surface area contributed by atoms with Crippen LogP contribution in [0.4, 0.5) is 0 Å². The van der Waals surface area contributed by atoms with E-state index >= 15 is 0 Å². The van der Waals surface area contributed by atoms with Gasteiger partial charge in [-0.15, -0.1) is 21.5 Å². The quantitative estimate of drug-likeness (QED) is 0.601. The molecule has 3 rings (SSSR count). The van der Waals surface area contributed by atoms with Crippen molar-refractivity contribution in [3.05, 3.63) is 27.6 Å². The lowest BCUT2D eigenvalue weighted by Gasteiger charge is -2.04. The summed E-state index contributed by atoms with van der Waals surface area (Å²) in [6.07, 6.45) is 0. The number of halogens is 1. The van der Waals surface area contributed by atoms with Gasteiger partial charge in [0.1, 0.15) is 5.82 Å². The fourth-order valence-corrected chi connectivity index (χ4v) is 4.03. The normalized spacial score (nSPS) is 11.5. The van der Waals surface area contributed by atoms with Gasteiger partial charge in [-0.05, 0) is 22.0 Å². The van der Waals surface area contributed by atoms with Crippen LogP contribution in [0.1, 0.15) is 31.5 Å². The molecule has 0 saturated heterocycles. The van der Waals surface area contributed by atoms with E-state index < -0.39 is 0 Å². The van der Waals surface area contributed by atoms with Gasteiger partial charge in [-0.2, -0.15) is 4.98 Å². The van der Waals surface area contributed by atoms with E-state index in [1.807, 2.05) is 23.1 Å². The zero-order valence-electron chi connectivity index (χ0n) is 12.3. The molecule has 0 aliphatic heterocycles. The lowest BCUT2D eigenvalue weighted by atomic mass is 10.2. The van der Waals surface area contributed by atoms with Gasteiger partial charge in [-0.3, -0.25) is 0 Å². The van der Waals surface area contributed by atoms with Crippen LogP contribution in [0, 0.1) is 0 Å². The molecule has 3 heterocycles. The van der Waals surface area contributed by atoms with Gasteiger partial charge in [-0.1, -0.05) is 30.8 Å². The van der Waals surface area contributed by atoms with Gasteiger partial charge in [0.25, 0.3) is 0 Å². The SMILES string of the molecule is CC(C)c1nnc(SCc2nc(-c3cc(Br)cs3)no2)n1C. The third-order valence-corrected chi connectivity index (χ3v) is 5.66. The largest absolute Gasteiger partial charge is 0.338 e. The molecule has 3 aromatic rings. The lowest BCUT2D eigenvalue weighted by molar-refractivity contribution is 0.391. The molecule has 0 bridgehead atoms. The van der Waals surface area contributed by atoms with Crippen molar-refractivity contribution in [3.8, 4) is 10.7 Å². The molecule has 22 heavy (non-hydrogen) atoms. The first-order valence-corrected chi connectivity index (χ1v) is 9.29. The van der Waals surface area contributed by atoms with Crippen LogP contribution >= 0.6 is 39.0 Å². The summed E-state index contributed by atoms with van der Waals surface area (Å²) in [6, 6.07) is 1.98. The molecular weight excluding hydrogens is 386 g/mol. The van der Waals surface area contributed by atoms with E-state index in [1.54, 1.807) is 11.3 Å². The summed E-state index contributed by atoms with van der Waals surface area (Å²) in [5.41, 5.74) is 0. The Morgan fingerprint density at radius 2 is 2.23 bits per heavy atom. The Morgan fingerprint density at radius 3 is 2.86 bits per heavy atom. The Balaban J connectivity index is 1.69. The summed E-state index contributed by atoms with van der Waals surface area (Å²) in [4.78, 5) is 5.39. The highest BCUT2D eigenvalue weighted by molar-refractivity contribution is 9.10. The van der Waals surface area contributed by atoms with Crippen molar-refractivity contribution >= 4 is 39.0 Å². The van der Waals surface area contributed by atoms with E-state index in [0.29, 0.717) is 23.4 Å². The minimum absolute atomic E-state index is 0.346. The molecule has 0 aromatic carbocycles. The predicted molar refractivity (Wildman–Crippen MR) is 90.0 cm³/mol. The predicted octanol–water partition coefficient (Wildman–Crippen LogP) is 4.10. The van der Waals surface area contributed by atoms with Crippen molar-refractivity contribution in [1.82, 2.24) is 24.9 Å². The van der Waals surface area contributed by atoms with Gasteiger partial charge in [0.05, 0.1) is 10.6 Å². The maximum atomic E-state index is 5.30. The number of hydrogen-bond acceptors (Lipinski definition) is 7. The van der Waals surface area contributed by atoms with Crippen molar-refractivity contribution in [3.63, 3.8) is 0 Å². The van der Waals surface area contributed by atoms with Crippen LogP contribution in [-0.4, -0.2) is 24.9 Å². The Hall–Kier alpha value is -1.19. The number of aromatic nitrogens is 5. The summed E-state index contributed by atoms with van der Waals surface area (Å²) in [5.74, 6) is 3.09. The van der Waals surface area contributed by atoms with E-state index in [9.17, 15) is 0 Å². The number of hydrogen-bond donors (Lipinski definition) is 0. The molecule has 0 radical (unpaired) electrons. The second-order valence-corrected chi connectivity index (χ2v) is 7.75. The Kier molecular flexibility index (Phi) is 4.65. The van der Waals surface area contributed by atoms with Crippen molar-refractivity contribution in [2.45, 2.75) is 30.7 Å². The summed E-state index contributed by atoms with van der Waals surface area (Å²) >= 11 is 6.54. The topological polar surface area (TPSA) is 69.6 Å². The molecule has 0 spiro atoms. The molecule has 0 N–H and O–H groups in total. The zero-order valence-corrected chi connectivity index (χ0v) is 15.5. The minimum Gasteiger partial charge on any atom is -0.338 e. The van der Waals surface area contributed by atoms with Gasteiger partial charge in [0, 0.05) is 22.8 Å². The molecule has 9 heteroatoms. The molecule has 0 atom stereocenters. The molecular formula is C13H14BrN5OS2. The van der Waals surface area contributed by atoms with Crippen LogP contribution in [0.2, 0.25) is 0 Å². The molecule has 0 aliphatic carbocycles. The fourth-order valence-electron chi connectivity index (χ4n) is 1.92. The van der Waals surface area contributed by atoms with Gasteiger partial charge in [0.2, 0.25) is 11.7 Å². The first-order chi connectivity index (χ1) is 10.5. The fraction of sp³-hybridized carbons (Fsp3) is 0.385. The van der Waals surface area contributed by atoms with E-state index in [-0.39, 0.29) is 0 Å². The van der Waals surface area contributed by atoms with Crippen LogP contribution in [-0.2, 0) is 12.8 Å². The van der Waals surface area contributed by atoms with Crippen molar-refractivity contribution in [2.24, 2.45) is 7.05 Å². The van der Waals surface area contributed by atoms with E-state index in [1.165, 1.54) is 11.8 Å². The van der Waals surface area contributed by atoms with E-state index in [0.717, 1.165) is 20.3 Å². The maximum absolute atomic E-state index is 5.30. The minimum atomic E-state index is 0.346. The Labute approximate surface area is 144 Å². The van der Waals surface area contributed by atoms with Crippen molar-refractivity contribution < 1.29 is 4.52 Å². The Morgan fingerprint density at radius 1 is 1.41 bits per heavy atom. The van der Waals surface area contributed by atoms with E-state index in [4.69, 9.17) is 4.52 Å². The lowest BCUT2D eigenvalue weighted by Crippen LogP contribution is -2.00. The van der Waals surface area contributed by atoms with Gasteiger partial charge < -0.3 is 9.09 Å². The summed E-state index contributed by atoms with van der Waals surface area (Å²) in [5, 5.41) is 15.3. The summed E-state index contributed by atoms with van der Waals surface area (Å²) < 4.78 is 8.32. The molecule has 0 unspecified atom stereocenters. The molecule has 3 aromatic heterocycles. The number of thioether (sulfide) groups is 1. The average Bonchev–Trinajstić information content (AvgIpc) is 3.16. The van der Waals surface area contributed by atoms with Crippen molar-refractivity contribution in [2.75, 3.05) is 0 Å². The first kappa shape index (κ1) is 15.7. The summed E-state index contributed by atoms with van der Waals surface area (Å²) in [7, 11) is 1.97. The monoisotopic (exact) mass is 399 g/mol. The van der Waals surface area contributed by atoms with Crippen LogP contribution in [0.5, 0.6) is 0 Å². The molecule has 0 fully saturated rings. The van der Waals surface area contributed by atoms with Crippen LogP contribution in [0.15, 0.2) is 25.6 Å². The number of rotatable bonds is 5. The van der Waals surface area contributed by atoms with Crippen LogP contribution < -0.4 is 0 Å². The number of thiophene rings is 1. The van der Waals surface area contributed by atoms with Crippen LogP contribution in [0.3, 0.4) is 0 Å². The second-order valence-electron chi connectivity index (χ2n) is 4.98. The zero-order chi connectivity index (χ0) is 15.7. The molecule has 6 nitrogen and oxygen atoms in total. The smallest absolute Gasteiger partial charge is 0.237 e. The molecule has 0 saturated carbocycles. The van der Waals surface area contributed by atoms with Gasteiger partial charge in [-0.25, -0.2) is 0 Å². The third kappa shape index (κ3) is 3.26. The van der Waals surface area contributed by atoms with Gasteiger partial charge in [0.15, 0.2) is 5.16 Å². The highest BCUT2D eigenvalue weighted by Gasteiger charge is 2.15. The maximum Gasteiger partial charge on any atom is 0.237 e. The third-order valence-electron chi connectivity index (χ3n) is 2.97. The standard InChI is InChI=1S/C13H14BrN5OS2/c1-7(2)12-16-17-13(19(12)3)22-6-10-15-11(18-20-10)9-4-8(14)5-21-9/h4-5,7H,6H2,1-3H3. The van der Waals surface area contributed by atoms with Crippen molar-refractivity contribution in [1.29, 1.82) is 0 Å². The molecule has 116 valence electrons. The molecule has 0 amide bonds. The number of nitrogens with zero attached hydrogens (tertiary/aromatic N) is 5.